The number of amides is 1. The maximum atomic E-state index is 13.3. The smallest absolute Gasteiger partial charge is 0.268 e. The average Bonchev–Trinajstić information content (AvgIpc) is 3.18. The third-order valence-corrected chi connectivity index (χ3v) is 8.36. The summed E-state index contributed by atoms with van der Waals surface area (Å²) in [6, 6.07) is 11.4. The number of aromatic nitrogens is 1. The Hall–Kier alpha value is -3.15. The summed E-state index contributed by atoms with van der Waals surface area (Å²) < 4.78 is 8.23. The zero-order valence-electron chi connectivity index (χ0n) is 22.3. The number of nitrogens with one attached hydrogen (secondary N) is 1. The summed E-state index contributed by atoms with van der Waals surface area (Å²) in [5.41, 5.74) is 8.39. The fourth-order valence-electron chi connectivity index (χ4n) is 5.80. The highest BCUT2D eigenvalue weighted by molar-refractivity contribution is 6.35. The molecule has 7 heteroatoms. The van der Waals surface area contributed by atoms with Gasteiger partial charge in [0.05, 0.1) is 17.1 Å². The number of carbonyl (C=O) groups excluding carboxylic acids is 1. The van der Waals surface area contributed by atoms with Crippen LogP contribution in [0.4, 0.5) is 0 Å². The molecule has 5 rings (SSSR count). The Morgan fingerprint density at radius 3 is 2.32 bits per heavy atom. The van der Waals surface area contributed by atoms with E-state index in [0.717, 1.165) is 67.0 Å². The van der Waals surface area contributed by atoms with Gasteiger partial charge in [-0.05, 0) is 111 Å². The van der Waals surface area contributed by atoms with E-state index in [1.807, 2.05) is 52.0 Å². The number of rotatable bonds is 6. The van der Waals surface area contributed by atoms with E-state index in [9.17, 15) is 9.90 Å². The van der Waals surface area contributed by atoms with Gasteiger partial charge in [-0.1, -0.05) is 29.3 Å². The Morgan fingerprint density at radius 1 is 1.00 bits per heavy atom. The lowest BCUT2D eigenvalue weighted by Gasteiger charge is -2.26. The first-order chi connectivity index (χ1) is 18.1. The topological polar surface area (TPSA) is 63.5 Å². The van der Waals surface area contributed by atoms with Crippen LogP contribution in [-0.4, -0.2) is 28.7 Å². The molecule has 0 radical (unpaired) electrons. The van der Waals surface area contributed by atoms with Gasteiger partial charge in [0.15, 0.2) is 0 Å². The molecule has 1 amide bonds. The lowest BCUT2D eigenvalue weighted by atomic mass is 9.93. The van der Waals surface area contributed by atoms with Gasteiger partial charge < -0.3 is 19.7 Å². The van der Waals surface area contributed by atoms with Crippen molar-refractivity contribution < 1.29 is 14.6 Å². The Bertz CT molecular complexity index is 1540. The van der Waals surface area contributed by atoms with Crippen LogP contribution < -0.4 is 10.1 Å². The first-order valence-corrected chi connectivity index (χ1v) is 13.7. The largest absolute Gasteiger partial charge is 0.508 e. The molecular weight excluding hydrogens is 519 g/mol. The molecule has 0 aliphatic carbocycles. The number of hydrogen-bond donors (Lipinski definition) is 2. The number of carbonyl (C=O) groups is 1. The van der Waals surface area contributed by atoms with E-state index in [-0.39, 0.29) is 17.7 Å². The van der Waals surface area contributed by atoms with Gasteiger partial charge in [-0.25, -0.2) is 0 Å². The zero-order chi connectivity index (χ0) is 27.3. The van der Waals surface area contributed by atoms with Crippen LogP contribution in [0.1, 0.15) is 57.7 Å². The van der Waals surface area contributed by atoms with Crippen LogP contribution in [0.25, 0.3) is 22.0 Å². The number of nitrogens with zero attached hydrogens (tertiary/aromatic N) is 1. The maximum absolute atomic E-state index is 13.3. The lowest BCUT2D eigenvalue weighted by Crippen LogP contribution is -2.38. The van der Waals surface area contributed by atoms with Gasteiger partial charge in [0.2, 0.25) is 0 Å². The number of phenolic OH excluding ortho intramolecular Hbond substituents is 1. The van der Waals surface area contributed by atoms with Gasteiger partial charge in [-0.2, -0.15) is 0 Å². The molecule has 2 N–H and O–H groups in total. The van der Waals surface area contributed by atoms with E-state index in [1.54, 1.807) is 12.1 Å². The Labute approximate surface area is 233 Å². The van der Waals surface area contributed by atoms with Crippen LogP contribution in [0.2, 0.25) is 10.0 Å². The molecule has 2 heterocycles. The summed E-state index contributed by atoms with van der Waals surface area (Å²) in [4.78, 5) is 13.3. The third kappa shape index (κ3) is 4.52. The number of aryl methyl sites for hydroxylation is 5. The SMILES string of the molecule is Cc1cc(OCCCc2c3n(c4c(-c5c(C)cc(O)cc5C)c(Cl)ccc24)[C@H](C)CNC3=O)cc(C)c1Cl. The summed E-state index contributed by atoms with van der Waals surface area (Å²) in [6.45, 7) is 11.1. The highest BCUT2D eigenvalue weighted by Gasteiger charge is 2.31. The highest BCUT2D eigenvalue weighted by atomic mass is 35.5. The van der Waals surface area contributed by atoms with E-state index in [1.165, 1.54) is 0 Å². The van der Waals surface area contributed by atoms with Crippen molar-refractivity contribution in [3.63, 3.8) is 0 Å². The monoisotopic (exact) mass is 550 g/mol. The van der Waals surface area contributed by atoms with Crippen LogP contribution in [-0.2, 0) is 6.42 Å². The van der Waals surface area contributed by atoms with Crippen LogP contribution >= 0.6 is 23.2 Å². The molecule has 0 spiro atoms. The molecular formula is C31H32Cl2N2O3. The van der Waals surface area contributed by atoms with Crippen molar-refractivity contribution in [3.8, 4) is 22.6 Å². The van der Waals surface area contributed by atoms with E-state index in [4.69, 9.17) is 27.9 Å². The number of halogens is 2. The molecule has 0 unspecified atom stereocenters. The molecule has 5 nitrogen and oxygen atoms in total. The molecule has 1 aromatic heterocycles. The molecule has 3 aromatic carbocycles. The van der Waals surface area contributed by atoms with E-state index >= 15 is 0 Å². The van der Waals surface area contributed by atoms with Gasteiger partial charge in [-0.3, -0.25) is 4.79 Å². The number of ether oxygens (including phenoxy) is 1. The quantitative estimate of drug-likeness (QED) is 0.240. The van der Waals surface area contributed by atoms with E-state index < -0.39 is 0 Å². The van der Waals surface area contributed by atoms with Crippen molar-refractivity contribution in [2.75, 3.05) is 13.2 Å². The van der Waals surface area contributed by atoms with Crippen LogP contribution in [0.3, 0.4) is 0 Å². The minimum atomic E-state index is -0.0691. The van der Waals surface area contributed by atoms with E-state index in [2.05, 4.69) is 16.8 Å². The van der Waals surface area contributed by atoms with Gasteiger partial charge >= 0.3 is 0 Å². The maximum Gasteiger partial charge on any atom is 0.268 e. The minimum Gasteiger partial charge on any atom is -0.508 e. The fourth-order valence-corrected chi connectivity index (χ4v) is 6.16. The predicted octanol–water partition coefficient (Wildman–Crippen LogP) is 7.87. The normalized spacial score (nSPS) is 15.0. The number of fused-ring (bicyclic) bond motifs is 3. The standard InChI is InChI=1S/C31H32Cl2N2O3/c1-16-11-21(36)12-17(2)26(16)27-25(32)9-8-24-23(30-31(37)34-15-20(5)35(30)29(24)27)7-6-10-38-22-13-18(3)28(33)19(4)14-22/h8-9,11-14,20,36H,6-7,10,15H2,1-5H3,(H,34,37)/t20-/m1/s1. The summed E-state index contributed by atoms with van der Waals surface area (Å²) in [6.07, 6.45) is 1.42. The van der Waals surface area contributed by atoms with Gasteiger partial charge in [-0.15, -0.1) is 0 Å². The zero-order valence-corrected chi connectivity index (χ0v) is 23.8. The molecule has 4 aromatic rings. The second kappa shape index (κ2) is 10.2. The number of benzene rings is 3. The lowest BCUT2D eigenvalue weighted by molar-refractivity contribution is 0.0918. The van der Waals surface area contributed by atoms with Crippen molar-refractivity contribution in [1.82, 2.24) is 9.88 Å². The summed E-state index contributed by atoms with van der Waals surface area (Å²) in [7, 11) is 0. The van der Waals surface area contributed by atoms with Crippen LogP contribution in [0, 0.1) is 27.7 Å². The predicted molar refractivity (Wildman–Crippen MR) is 155 cm³/mol. The molecule has 198 valence electrons. The summed E-state index contributed by atoms with van der Waals surface area (Å²) in [5, 5.41) is 15.6. The molecule has 0 bridgehead atoms. The molecule has 1 aliphatic rings. The fraction of sp³-hybridized carbons (Fsp3) is 0.323. The molecule has 0 saturated carbocycles. The molecule has 1 atom stereocenters. The Balaban J connectivity index is 1.58. The minimum absolute atomic E-state index is 0.0603. The van der Waals surface area contributed by atoms with Crippen molar-refractivity contribution in [2.24, 2.45) is 0 Å². The van der Waals surface area contributed by atoms with Crippen molar-refractivity contribution >= 4 is 40.0 Å². The Kier molecular flexibility index (Phi) is 7.10. The Morgan fingerprint density at radius 2 is 1.66 bits per heavy atom. The molecule has 0 fully saturated rings. The van der Waals surface area contributed by atoms with E-state index in [0.29, 0.717) is 30.3 Å². The number of aromatic hydroxyl groups is 1. The number of hydrogen-bond acceptors (Lipinski definition) is 3. The second-order valence-electron chi connectivity index (χ2n) is 10.4. The first kappa shape index (κ1) is 26.5. The molecule has 1 aliphatic heterocycles. The number of phenols is 1. The van der Waals surface area contributed by atoms with Crippen molar-refractivity contribution in [1.29, 1.82) is 0 Å². The van der Waals surface area contributed by atoms with Crippen LogP contribution in [0.15, 0.2) is 36.4 Å². The van der Waals surface area contributed by atoms with Gasteiger partial charge in [0.25, 0.3) is 5.91 Å². The molecule has 0 saturated heterocycles. The van der Waals surface area contributed by atoms with Crippen LogP contribution in [0.5, 0.6) is 11.5 Å². The second-order valence-corrected chi connectivity index (χ2v) is 11.1. The highest BCUT2D eigenvalue weighted by Crippen LogP contribution is 2.44. The third-order valence-electron chi connectivity index (χ3n) is 7.45. The first-order valence-electron chi connectivity index (χ1n) is 12.9. The average molecular weight is 552 g/mol. The van der Waals surface area contributed by atoms with Crippen molar-refractivity contribution in [3.05, 3.63) is 80.0 Å². The molecule has 38 heavy (non-hydrogen) atoms. The van der Waals surface area contributed by atoms with Crippen molar-refractivity contribution in [2.45, 2.75) is 53.5 Å². The van der Waals surface area contributed by atoms with Gasteiger partial charge in [0, 0.05) is 28.6 Å². The summed E-state index contributed by atoms with van der Waals surface area (Å²) in [5.74, 6) is 0.955. The van der Waals surface area contributed by atoms with Gasteiger partial charge in [0.1, 0.15) is 17.2 Å². The summed E-state index contributed by atoms with van der Waals surface area (Å²) >= 11 is 13.2.